The first-order valence-corrected chi connectivity index (χ1v) is 8.48. The van der Waals surface area contributed by atoms with E-state index in [1.54, 1.807) is 28.8 Å². The number of aryl methyl sites for hydroxylation is 1. The summed E-state index contributed by atoms with van der Waals surface area (Å²) in [4.78, 5) is 16.6. The highest BCUT2D eigenvalue weighted by Gasteiger charge is 2.23. The van der Waals surface area contributed by atoms with Gasteiger partial charge in [-0.2, -0.15) is 4.52 Å². The molecule has 0 atom stereocenters. The average molecular weight is 357 g/mol. The molecule has 2 aromatic heterocycles. The SMILES string of the molecule is Cc1nnc2ccc(N3CCN(C(=O)c4cccc(Cl)c4)CC3)nn12. The van der Waals surface area contributed by atoms with Gasteiger partial charge in [0.1, 0.15) is 5.82 Å². The average Bonchev–Trinajstić information content (AvgIpc) is 3.02. The normalized spacial score (nSPS) is 15.0. The number of anilines is 1. The number of nitrogens with zero attached hydrogens (tertiary/aromatic N) is 6. The molecule has 3 heterocycles. The van der Waals surface area contributed by atoms with Crippen molar-refractivity contribution in [3.05, 3.63) is 52.8 Å². The van der Waals surface area contributed by atoms with Gasteiger partial charge in [-0.15, -0.1) is 15.3 Å². The monoisotopic (exact) mass is 356 g/mol. The minimum Gasteiger partial charge on any atom is -0.352 e. The lowest BCUT2D eigenvalue weighted by Crippen LogP contribution is -2.49. The highest BCUT2D eigenvalue weighted by Crippen LogP contribution is 2.17. The number of amides is 1. The first-order valence-electron chi connectivity index (χ1n) is 8.11. The maximum atomic E-state index is 12.6. The highest BCUT2D eigenvalue weighted by molar-refractivity contribution is 6.30. The Morgan fingerprint density at radius 1 is 1.08 bits per heavy atom. The summed E-state index contributed by atoms with van der Waals surface area (Å²) in [6.07, 6.45) is 0. The van der Waals surface area contributed by atoms with Crippen LogP contribution in [0, 0.1) is 6.92 Å². The van der Waals surface area contributed by atoms with E-state index >= 15 is 0 Å². The lowest BCUT2D eigenvalue weighted by atomic mass is 10.2. The van der Waals surface area contributed by atoms with Crippen molar-refractivity contribution in [2.24, 2.45) is 0 Å². The van der Waals surface area contributed by atoms with Crippen LogP contribution in [0.4, 0.5) is 5.82 Å². The van der Waals surface area contributed by atoms with Gasteiger partial charge in [0, 0.05) is 36.8 Å². The van der Waals surface area contributed by atoms with Gasteiger partial charge in [0.2, 0.25) is 0 Å². The van der Waals surface area contributed by atoms with Crippen molar-refractivity contribution in [2.45, 2.75) is 6.92 Å². The number of benzene rings is 1. The summed E-state index contributed by atoms with van der Waals surface area (Å²) >= 11 is 5.98. The Labute approximate surface area is 149 Å². The van der Waals surface area contributed by atoms with E-state index in [4.69, 9.17) is 11.6 Å². The lowest BCUT2D eigenvalue weighted by Gasteiger charge is -2.35. The zero-order valence-electron chi connectivity index (χ0n) is 13.8. The molecule has 1 fully saturated rings. The second-order valence-electron chi connectivity index (χ2n) is 6.00. The fourth-order valence-corrected chi connectivity index (χ4v) is 3.19. The Morgan fingerprint density at radius 3 is 2.64 bits per heavy atom. The van der Waals surface area contributed by atoms with Crippen LogP contribution in [0.1, 0.15) is 16.2 Å². The van der Waals surface area contributed by atoms with Gasteiger partial charge in [-0.3, -0.25) is 4.79 Å². The summed E-state index contributed by atoms with van der Waals surface area (Å²) < 4.78 is 1.73. The summed E-state index contributed by atoms with van der Waals surface area (Å²) in [6.45, 7) is 4.62. The van der Waals surface area contributed by atoms with Crippen molar-refractivity contribution in [3.63, 3.8) is 0 Å². The topological polar surface area (TPSA) is 66.6 Å². The summed E-state index contributed by atoms with van der Waals surface area (Å²) in [7, 11) is 0. The fourth-order valence-electron chi connectivity index (χ4n) is 3.00. The Bertz CT molecular complexity index is 932. The fraction of sp³-hybridized carbons (Fsp3) is 0.294. The summed E-state index contributed by atoms with van der Waals surface area (Å²) in [5, 5.41) is 13.2. The molecule has 8 heteroatoms. The molecule has 1 aliphatic heterocycles. The molecule has 0 radical (unpaired) electrons. The zero-order chi connectivity index (χ0) is 17.4. The molecule has 0 unspecified atom stereocenters. The van der Waals surface area contributed by atoms with Crippen molar-refractivity contribution >= 4 is 29.0 Å². The number of rotatable bonds is 2. The lowest BCUT2D eigenvalue weighted by molar-refractivity contribution is 0.0746. The van der Waals surface area contributed by atoms with Crippen molar-refractivity contribution in [2.75, 3.05) is 31.1 Å². The molecule has 1 amide bonds. The van der Waals surface area contributed by atoms with Crippen LogP contribution in [-0.2, 0) is 0 Å². The van der Waals surface area contributed by atoms with E-state index in [9.17, 15) is 4.79 Å². The van der Waals surface area contributed by atoms with Crippen molar-refractivity contribution in [3.8, 4) is 0 Å². The number of fused-ring (bicyclic) bond motifs is 1. The molecule has 1 aromatic carbocycles. The van der Waals surface area contributed by atoms with Crippen molar-refractivity contribution < 1.29 is 4.79 Å². The summed E-state index contributed by atoms with van der Waals surface area (Å²) in [5.74, 6) is 1.64. The Hall–Kier alpha value is -2.67. The molecule has 0 N–H and O–H groups in total. The van der Waals surface area contributed by atoms with Gasteiger partial charge >= 0.3 is 0 Å². The quantitative estimate of drug-likeness (QED) is 0.703. The molecule has 1 saturated heterocycles. The Morgan fingerprint density at radius 2 is 1.88 bits per heavy atom. The number of halogens is 1. The number of aromatic nitrogens is 4. The molecule has 0 bridgehead atoms. The van der Waals surface area contributed by atoms with Crippen LogP contribution < -0.4 is 4.90 Å². The minimum absolute atomic E-state index is 0.0141. The standard InChI is InChI=1S/C17H17ClN6O/c1-12-19-20-15-5-6-16(21-24(12)15)22-7-9-23(10-8-22)17(25)13-3-2-4-14(18)11-13/h2-6,11H,7-10H2,1H3. The third kappa shape index (κ3) is 3.02. The third-order valence-electron chi connectivity index (χ3n) is 4.37. The number of carbonyl (C=O) groups is 1. The second kappa shape index (κ2) is 6.33. The van der Waals surface area contributed by atoms with Gasteiger partial charge in [-0.1, -0.05) is 17.7 Å². The molecule has 7 nitrogen and oxygen atoms in total. The van der Waals surface area contributed by atoms with Crippen LogP contribution in [0.25, 0.3) is 5.65 Å². The van der Waals surface area contributed by atoms with Crippen molar-refractivity contribution in [1.29, 1.82) is 0 Å². The number of piperazine rings is 1. The number of hydrogen-bond donors (Lipinski definition) is 0. The zero-order valence-corrected chi connectivity index (χ0v) is 14.5. The van der Waals surface area contributed by atoms with E-state index in [0.717, 1.165) is 30.4 Å². The maximum absolute atomic E-state index is 12.6. The summed E-state index contributed by atoms with van der Waals surface area (Å²) in [6, 6.07) is 10.9. The van der Waals surface area contributed by atoms with Gasteiger partial charge in [0.25, 0.3) is 5.91 Å². The first kappa shape index (κ1) is 15.8. The summed E-state index contributed by atoms with van der Waals surface area (Å²) in [5.41, 5.74) is 1.36. The van der Waals surface area contributed by atoms with E-state index in [0.29, 0.717) is 23.7 Å². The number of carbonyl (C=O) groups excluding carboxylic acids is 1. The van der Waals surface area contributed by atoms with E-state index < -0.39 is 0 Å². The van der Waals surface area contributed by atoms with E-state index in [2.05, 4.69) is 20.2 Å². The van der Waals surface area contributed by atoms with Crippen LogP contribution >= 0.6 is 11.6 Å². The molecule has 1 aliphatic rings. The molecule has 3 aromatic rings. The van der Waals surface area contributed by atoms with Gasteiger partial charge in [-0.25, -0.2) is 0 Å². The van der Waals surface area contributed by atoms with Crippen LogP contribution in [0.5, 0.6) is 0 Å². The van der Waals surface area contributed by atoms with E-state index in [-0.39, 0.29) is 5.91 Å². The van der Waals surface area contributed by atoms with Crippen molar-refractivity contribution in [1.82, 2.24) is 24.7 Å². The molecular formula is C17H17ClN6O. The van der Waals surface area contributed by atoms with Crippen LogP contribution in [0.3, 0.4) is 0 Å². The van der Waals surface area contributed by atoms with Gasteiger partial charge in [-0.05, 0) is 37.3 Å². The van der Waals surface area contributed by atoms with Crippen LogP contribution in [0.15, 0.2) is 36.4 Å². The second-order valence-corrected chi connectivity index (χ2v) is 6.43. The van der Waals surface area contributed by atoms with Gasteiger partial charge in [0.15, 0.2) is 11.5 Å². The highest BCUT2D eigenvalue weighted by atomic mass is 35.5. The van der Waals surface area contributed by atoms with Crippen LogP contribution in [0.2, 0.25) is 5.02 Å². The maximum Gasteiger partial charge on any atom is 0.254 e. The molecule has 128 valence electrons. The molecule has 0 saturated carbocycles. The minimum atomic E-state index is 0.0141. The Kier molecular flexibility index (Phi) is 4.01. The Balaban J connectivity index is 1.47. The molecular weight excluding hydrogens is 340 g/mol. The van der Waals surface area contributed by atoms with E-state index in [1.807, 2.05) is 24.0 Å². The van der Waals surface area contributed by atoms with Gasteiger partial charge < -0.3 is 9.80 Å². The molecule has 25 heavy (non-hydrogen) atoms. The number of hydrogen-bond acceptors (Lipinski definition) is 5. The molecule has 0 spiro atoms. The molecule has 4 rings (SSSR count). The van der Waals surface area contributed by atoms with Crippen LogP contribution in [-0.4, -0.2) is 56.8 Å². The predicted octanol–water partition coefficient (Wildman–Crippen LogP) is 2.05. The first-order chi connectivity index (χ1) is 12.1. The molecule has 0 aliphatic carbocycles. The van der Waals surface area contributed by atoms with E-state index in [1.165, 1.54) is 0 Å². The third-order valence-corrected chi connectivity index (χ3v) is 4.60. The smallest absolute Gasteiger partial charge is 0.254 e. The largest absolute Gasteiger partial charge is 0.352 e. The predicted molar refractivity (Wildman–Crippen MR) is 95.1 cm³/mol. The van der Waals surface area contributed by atoms with Gasteiger partial charge in [0.05, 0.1) is 0 Å².